The number of methoxy groups -OCH3 is 2. The minimum absolute atomic E-state index is 0.158. The molecule has 0 radical (unpaired) electrons. The average molecular weight is 769 g/mol. The number of amides is 1. The SMILES string of the molecule is COc1ccc(CNc2ncc3cc(N4CCN(C(=O)OCc5ccccc5)c5c(C)cccc54)c(=O)n(-c4ccc(N(C)CCN(C)C)cc4)c3n2)c(OC)c1. The van der Waals surface area contributed by atoms with Crippen LogP contribution in [0.5, 0.6) is 11.5 Å². The molecule has 1 N–H and O–H groups in total. The second-order valence-corrected chi connectivity index (χ2v) is 14.2. The fourth-order valence-corrected chi connectivity index (χ4v) is 6.98. The summed E-state index contributed by atoms with van der Waals surface area (Å²) in [5.74, 6) is 1.71. The van der Waals surface area contributed by atoms with E-state index in [-0.39, 0.29) is 12.2 Å². The molecule has 0 fully saturated rings. The number of aromatic nitrogens is 3. The first-order valence-electron chi connectivity index (χ1n) is 18.8. The quantitative estimate of drug-likeness (QED) is 0.131. The summed E-state index contributed by atoms with van der Waals surface area (Å²) in [7, 11) is 9.39. The molecule has 1 aliphatic heterocycles. The Balaban J connectivity index is 1.27. The van der Waals surface area contributed by atoms with Crippen molar-refractivity contribution < 1.29 is 19.0 Å². The van der Waals surface area contributed by atoms with Crippen LogP contribution in [0.25, 0.3) is 16.7 Å². The van der Waals surface area contributed by atoms with Gasteiger partial charge in [0.2, 0.25) is 5.95 Å². The molecule has 13 nitrogen and oxygen atoms in total. The van der Waals surface area contributed by atoms with E-state index in [1.54, 1.807) is 29.9 Å². The van der Waals surface area contributed by atoms with Crippen molar-refractivity contribution in [1.82, 2.24) is 19.4 Å². The number of rotatable bonds is 13. The van der Waals surface area contributed by atoms with Crippen LogP contribution in [0.3, 0.4) is 0 Å². The van der Waals surface area contributed by atoms with Crippen LogP contribution in [0.1, 0.15) is 16.7 Å². The first kappa shape index (κ1) is 38.7. The first-order chi connectivity index (χ1) is 27.6. The third-order valence-electron chi connectivity index (χ3n) is 10.1. The minimum Gasteiger partial charge on any atom is -0.497 e. The van der Waals surface area contributed by atoms with Gasteiger partial charge < -0.3 is 34.2 Å². The van der Waals surface area contributed by atoms with Crippen molar-refractivity contribution in [1.29, 1.82) is 0 Å². The fourth-order valence-electron chi connectivity index (χ4n) is 6.98. The number of fused-ring (bicyclic) bond motifs is 2. The van der Waals surface area contributed by atoms with Gasteiger partial charge in [-0.3, -0.25) is 14.3 Å². The largest absolute Gasteiger partial charge is 0.497 e. The molecule has 3 heterocycles. The van der Waals surface area contributed by atoms with Crippen molar-refractivity contribution in [2.45, 2.75) is 20.1 Å². The summed E-state index contributed by atoms with van der Waals surface area (Å²) in [5.41, 5.74) is 6.41. The Morgan fingerprint density at radius 1 is 0.860 bits per heavy atom. The number of benzene rings is 4. The number of hydrogen-bond donors (Lipinski definition) is 1. The lowest BCUT2D eigenvalue weighted by Gasteiger charge is -2.38. The lowest BCUT2D eigenvalue weighted by molar-refractivity contribution is 0.147. The average Bonchev–Trinajstić information content (AvgIpc) is 3.24. The molecule has 2 aromatic heterocycles. The number of carbonyl (C=O) groups excluding carboxylic acids is 1. The Hall–Kier alpha value is -6.60. The number of nitrogens with zero attached hydrogens (tertiary/aromatic N) is 7. The van der Waals surface area contributed by atoms with Crippen LogP contribution < -0.4 is 35.0 Å². The van der Waals surface area contributed by atoms with E-state index in [0.29, 0.717) is 65.2 Å². The molecule has 0 saturated carbocycles. The van der Waals surface area contributed by atoms with Gasteiger partial charge in [-0.2, -0.15) is 4.98 Å². The highest BCUT2D eigenvalue weighted by atomic mass is 16.6. The fraction of sp³-hybridized carbons (Fsp3) is 0.273. The van der Waals surface area contributed by atoms with E-state index in [4.69, 9.17) is 19.2 Å². The Labute approximate surface area is 332 Å². The lowest BCUT2D eigenvalue weighted by atomic mass is 10.1. The standard InChI is InChI=1S/C44H48N8O5/c1-30-11-10-14-37-40(30)51(44(54)57-29-31-12-8-7-9-13-31)24-23-50(37)38-25-33-28-46-43(45-27-32-15-20-36(55-5)26-39(32)56-6)47-41(33)52(42(38)53)35-18-16-34(17-19-35)49(4)22-21-48(2)3/h7-20,25-26,28H,21-24,27,29H2,1-6H3,(H,45,46,47). The van der Waals surface area contributed by atoms with Gasteiger partial charge in [-0.15, -0.1) is 0 Å². The number of anilines is 5. The highest BCUT2D eigenvalue weighted by Crippen LogP contribution is 2.40. The molecule has 1 aliphatic rings. The molecule has 1 amide bonds. The highest BCUT2D eigenvalue weighted by Gasteiger charge is 2.32. The number of likely N-dealkylation sites (N-methyl/N-ethyl adjacent to an activating group) is 2. The number of aryl methyl sites for hydroxylation is 1. The zero-order valence-electron chi connectivity index (χ0n) is 33.2. The van der Waals surface area contributed by atoms with E-state index in [1.165, 1.54) is 0 Å². The van der Waals surface area contributed by atoms with Gasteiger partial charge in [0.05, 0.1) is 31.3 Å². The summed E-state index contributed by atoms with van der Waals surface area (Å²) in [6, 6.07) is 30.8. The molecule has 0 atom stereocenters. The summed E-state index contributed by atoms with van der Waals surface area (Å²) < 4.78 is 18.4. The summed E-state index contributed by atoms with van der Waals surface area (Å²) in [5, 5.41) is 3.98. The van der Waals surface area contributed by atoms with Crippen molar-refractivity contribution in [2.75, 3.05) is 81.6 Å². The van der Waals surface area contributed by atoms with Gasteiger partial charge in [0.25, 0.3) is 5.56 Å². The molecule has 4 aromatic carbocycles. The zero-order valence-corrected chi connectivity index (χ0v) is 33.2. The van der Waals surface area contributed by atoms with E-state index >= 15 is 0 Å². The topological polar surface area (TPSA) is 118 Å². The van der Waals surface area contributed by atoms with Crippen molar-refractivity contribution in [2.24, 2.45) is 0 Å². The van der Waals surface area contributed by atoms with Gasteiger partial charge in [-0.05, 0) is 80.7 Å². The van der Waals surface area contributed by atoms with Gasteiger partial charge in [-0.25, -0.2) is 9.78 Å². The van der Waals surface area contributed by atoms with Gasteiger partial charge in [0.15, 0.2) is 5.65 Å². The lowest BCUT2D eigenvalue weighted by Crippen LogP contribution is -2.44. The van der Waals surface area contributed by atoms with Gasteiger partial charge in [0, 0.05) is 68.7 Å². The molecule has 0 saturated heterocycles. The molecule has 0 bridgehead atoms. The van der Waals surface area contributed by atoms with Crippen LogP contribution in [0.15, 0.2) is 108 Å². The van der Waals surface area contributed by atoms with E-state index in [9.17, 15) is 9.59 Å². The van der Waals surface area contributed by atoms with E-state index in [0.717, 1.165) is 41.2 Å². The van der Waals surface area contributed by atoms with E-state index in [2.05, 4.69) is 41.2 Å². The van der Waals surface area contributed by atoms with Crippen molar-refractivity contribution in [3.8, 4) is 17.2 Å². The molecule has 7 rings (SSSR count). The highest BCUT2D eigenvalue weighted by molar-refractivity contribution is 5.97. The molecule has 0 unspecified atom stereocenters. The van der Waals surface area contributed by atoms with Crippen LogP contribution >= 0.6 is 0 Å². The predicted molar refractivity (Wildman–Crippen MR) is 226 cm³/mol. The normalized spacial score (nSPS) is 12.4. The molecular formula is C44H48N8O5. The molecule has 6 aromatic rings. The predicted octanol–water partition coefficient (Wildman–Crippen LogP) is 7.01. The molecular weight excluding hydrogens is 721 g/mol. The van der Waals surface area contributed by atoms with Crippen LogP contribution in [-0.2, 0) is 17.9 Å². The maximum absolute atomic E-state index is 15.0. The third kappa shape index (κ3) is 8.33. The van der Waals surface area contributed by atoms with Crippen molar-refractivity contribution in [3.63, 3.8) is 0 Å². The van der Waals surface area contributed by atoms with Crippen LogP contribution in [0.2, 0.25) is 0 Å². The van der Waals surface area contributed by atoms with Crippen molar-refractivity contribution >= 4 is 45.8 Å². The molecule has 294 valence electrons. The molecule has 0 spiro atoms. The molecule has 0 aliphatic carbocycles. The number of hydrogen-bond acceptors (Lipinski definition) is 11. The zero-order chi connectivity index (χ0) is 40.1. The number of ether oxygens (including phenoxy) is 3. The maximum atomic E-state index is 15.0. The van der Waals surface area contributed by atoms with E-state index in [1.807, 2.05) is 109 Å². The smallest absolute Gasteiger partial charge is 0.414 e. The van der Waals surface area contributed by atoms with Crippen LogP contribution in [-0.4, -0.2) is 87.1 Å². The summed E-state index contributed by atoms with van der Waals surface area (Å²) in [4.78, 5) is 46.1. The third-order valence-corrected chi connectivity index (χ3v) is 10.1. The number of para-hydroxylation sites is 1. The number of carbonyl (C=O) groups is 1. The van der Waals surface area contributed by atoms with Crippen LogP contribution in [0, 0.1) is 6.92 Å². The van der Waals surface area contributed by atoms with Crippen molar-refractivity contribution in [3.05, 3.63) is 130 Å². The summed E-state index contributed by atoms with van der Waals surface area (Å²) >= 11 is 0. The second-order valence-electron chi connectivity index (χ2n) is 14.2. The number of nitrogens with one attached hydrogen (secondary N) is 1. The molecule has 13 heteroatoms. The minimum atomic E-state index is -0.443. The second kappa shape index (κ2) is 17.0. The van der Waals surface area contributed by atoms with Crippen LogP contribution in [0.4, 0.5) is 33.5 Å². The summed E-state index contributed by atoms with van der Waals surface area (Å²) in [6.45, 7) is 4.91. The monoisotopic (exact) mass is 768 g/mol. The first-order valence-corrected chi connectivity index (χ1v) is 18.8. The summed E-state index contributed by atoms with van der Waals surface area (Å²) in [6.07, 6.45) is 1.29. The van der Waals surface area contributed by atoms with Gasteiger partial charge in [0.1, 0.15) is 23.8 Å². The molecule has 57 heavy (non-hydrogen) atoms. The van der Waals surface area contributed by atoms with Gasteiger partial charge in [-0.1, -0.05) is 42.5 Å². The number of pyridine rings is 1. The maximum Gasteiger partial charge on any atom is 0.414 e. The Morgan fingerprint density at radius 2 is 1.65 bits per heavy atom. The Morgan fingerprint density at radius 3 is 2.39 bits per heavy atom. The van der Waals surface area contributed by atoms with E-state index < -0.39 is 6.09 Å². The van der Waals surface area contributed by atoms with Gasteiger partial charge >= 0.3 is 6.09 Å². The Bertz CT molecular complexity index is 2420. The Kier molecular flexibility index (Phi) is 11.6.